The largest absolute Gasteiger partial charge is 0.487 e. The van der Waals surface area contributed by atoms with Gasteiger partial charge in [0.15, 0.2) is 0 Å². The second-order valence-electron chi connectivity index (χ2n) is 4.91. The van der Waals surface area contributed by atoms with Gasteiger partial charge in [-0.05, 0) is 18.1 Å². The summed E-state index contributed by atoms with van der Waals surface area (Å²) in [5.41, 5.74) is 0. The quantitative estimate of drug-likeness (QED) is 0.880. The number of ether oxygens (including phenoxy) is 1. The van der Waals surface area contributed by atoms with Crippen LogP contribution in [-0.4, -0.2) is 41.7 Å². The molecular formula is C13H19N3O2. The number of nitrogens with zero attached hydrogens (tertiary/aromatic N) is 2. The molecule has 2 amide bonds. The highest BCUT2D eigenvalue weighted by molar-refractivity contribution is 5.75. The average Bonchev–Trinajstić information content (AvgIpc) is 2.31. The van der Waals surface area contributed by atoms with Gasteiger partial charge in [0.25, 0.3) is 0 Å². The van der Waals surface area contributed by atoms with E-state index in [1.807, 2.05) is 12.1 Å². The van der Waals surface area contributed by atoms with Crippen molar-refractivity contribution in [3.63, 3.8) is 0 Å². The minimum atomic E-state index is -0.00159. The number of amides is 2. The summed E-state index contributed by atoms with van der Waals surface area (Å²) < 4.78 is 5.69. The zero-order chi connectivity index (χ0) is 13.0. The molecule has 0 bridgehead atoms. The van der Waals surface area contributed by atoms with E-state index in [9.17, 15) is 4.79 Å². The third-order valence-electron chi connectivity index (χ3n) is 2.75. The first-order chi connectivity index (χ1) is 8.65. The topological polar surface area (TPSA) is 54.5 Å². The summed E-state index contributed by atoms with van der Waals surface area (Å²) in [6.45, 7) is 6.15. The normalized spacial score (nSPS) is 15.4. The number of carbonyl (C=O) groups is 1. The van der Waals surface area contributed by atoms with Crippen LogP contribution in [0.15, 0.2) is 24.5 Å². The van der Waals surface area contributed by atoms with Crippen molar-refractivity contribution in [2.45, 2.75) is 20.0 Å². The van der Waals surface area contributed by atoms with E-state index in [0.29, 0.717) is 25.6 Å². The standard InChI is InChI=1S/C13H19N3O2/c1-10(2)7-15-13(17)16-8-12(9-16)18-11-3-5-14-6-4-11/h3-6,10,12H,7-9H2,1-2H3,(H,15,17). The van der Waals surface area contributed by atoms with E-state index >= 15 is 0 Å². The summed E-state index contributed by atoms with van der Waals surface area (Å²) >= 11 is 0. The van der Waals surface area contributed by atoms with Crippen LogP contribution in [-0.2, 0) is 0 Å². The van der Waals surface area contributed by atoms with E-state index in [0.717, 1.165) is 5.75 Å². The molecule has 1 aliphatic heterocycles. The average molecular weight is 249 g/mol. The van der Waals surface area contributed by atoms with Gasteiger partial charge < -0.3 is 15.0 Å². The first kappa shape index (κ1) is 12.7. The summed E-state index contributed by atoms with van der Waals surface area (Å²) in [5.74, 6) is 1.27. The zero-order valence-electron chi connectivity index (χ0n) is 10.8. The molecule has 1 aromatic rings. The number of hydrogen-bond acceptors (Lipinski definition) is 3. The molecule has 0 unspecified atom stereocenters. The summed E-state index contributed by atoms with van der Waals surface area (Å²) in [4.78, 5) is 17.4. The van der Waals surface area contributed by atoms with Crippen molar-refractivity contribution in [2.75, 3.05) is 19.6 Å². The highest BCUT2D eigenvalue weighted by atomic mass is 16.5. The van der Waals surface area contributed by atoms with E-state index in [1.165, 1.54) is 0 Å². The Hall–Kier alpha value is -1.78. The van der Waals surface area contributed by atoms with Gasteiger partial charge >= 0.3 is 6.03 Å². The summed E-state index contributed by atoms with van der Waals surface area (Å²) in [5, 5.41) is 2.89. The van der Waals surface area contributed by atoms with Crippen LogP contribution < -0.4 is 10.1 Å². The lowest BCUT2D eigenvalue weighted by Crippen LogP contribution is -2.59. The van der Waals surface area contributed by atoms with E-state index in [1.54, 1.807) is 17.3 Å². The number of urea groups is 1. The van der Waals surface area contributed by atoms with Crippen molar-refractivity contribution in [1.82, 2.24) is 15.2 Å². The predicted octanol–water partition coefficient (Wildman–Crippen LogP) is 1.51. The zero-order valence-corrected chi connectivity index (χ0v) is 10.8. The maximum atomic E-state index is 11.7. The van der Waals surface area contributed by atoms with Gasteiger partial charge in [-0.25, -0.2) is 4.79 Å². The lowest BCUT2D eigenvalue weighted by atomic mass is 10.2. The Morgan fingerprint density at radius 1 is 1.50 bits per heavy atom. The molecule has 0 aromatic carbocycles. The van der Waals surface area contributed by atoms with Gasteiger partial charge in [-0.2, -0.15) is 0 Å². The number of pyridine rings is 1. The molecule has 18 heavy (non-hydrogen) atoms. The smallest absolute Gasteiger partial charge is 0.317 e. The van der Waals surface area contributed by atoms with Gasteiger partial charge in [-0.15, -0.1) is 0 Å². The fourth-order valence-electron chi connectivity index (χ4n) is 1.69. The molecule has 1 aromatic heterocycles. The van der Waals surface area contributed by atoms with Crippen LogP contribution in [0.25, 0.3) is 0 Å². The van der Waals surface area contributed by atoms with E-state index < -0.39 is 0 Å². The van der Waals surface area contributed by atoms with Crippen LogP contribution in [0.4, 0.5) is 4.79 Å². The highest BCUT2D eigenvalue weighted by Crippen LogP contribution is 2.16. The number of rotatable bonds is 4. The molecule has 2 heterocycles. The van der Waals surface area contributed by atoms with Gasteiger partial charge in [0, 0.05) is 18.9 Å². The van der Waals surface area contributed by atoms with Gasteiger partial charge in [-0.3, -0.25) is 4.98 Å². The van der Waals surface area contributed by atoms with Crippen LogP contribution in [0, 0.1) is 5.92 Å². The second-order valence-corrected chi connectivity index (χ2v) is 4.91. The summed E-state index contributed by atoms with van der Waals surface area (Å²) in [6.07, 6.45) is 3.49. The molecule has 0 atom stereocenters. The Labute approximate surface area is 107 Å². The van der Waals surface area contributed by atoms with Crippen molar-refractivity contribution in [2.24, 2.45) is 5.92 Å². The maximum Gasteiger partial charge on any atom is 0.317 e. The fraction of sp³-hybridized carbons (Fsp3) is 0.538. The Morgan fingerprint density at radius 3 is 2.78 bits per heavy atom. The number of hydrogen-bond donors (Lipinski definition) is 1. The summed E-state index contributed by atoms with van der Waals surface area (Å²) in [7, 11) is 0. The molecule has 1 aliphatic rings. The van der Waals surface area contributed by atoms with Crippen molar-refractivity contribution in [3.8, 4) is 5.75 Å². The molecule has 2 rings (SSSR count). The van der Waals surface area contributed by atoms with Crippen molar-refractivity contribution < 1.29 is 9.53 Å². The van der Waals surface area contributed by atoms with E-state index in [2.05, 4.69) is 24.1 Å². The molecule has 0 spiro atoms. The molecular weight excluding hydrogens is 230 g/mol. The Balaban J connectivity index is 1.69. The molecule has 1 fully saturated rings. The van der Waals surface area contributed by atoms with E-state index in [-0.39, 0.29) is 12.1 Å². The second kappa shape index (κ2) is 5.71. The van der Waals surface area contributed by atoms with Gasteiger partial charge in [0.05, 0.1) is 13.1 Å². The van der Waals surface area contributed by atoms with E-state index in [4.69, 9.17) is 4.74 Å². The lowest BCUT2D eigenvalue weighted by molar-refractivity contribution is 0.0442. The molecule has 0 saturated carbocycles. The SMILES string of the molecule is CC(C)CNC(=O)N1CC(Oc2ccncc2)C1. The first-order valence-electron chi connectivity index (χ1n) is 6.24. The molecule has 1 N–H and O–H groups in total. The highest BCUT2D eigenvalue weighted by Gasteiger charge is 2.32. The number of nitrogens with one attached hydrogen (secondary N) is 1. The minimum Gasteiger partial charge on any atom is -0.487 e. The molecule has 5 nitrogen and oxygen atoms in total. The van der Waals surface area contributed by atoms with Crippen molar-refractivity contribution in [1.29, 1.82) is 0 Å². The Bertz CT molecular complexity index is 388. The monoisotopic (exact) mass is 249 g/mol. The molecule has 5 heteroatoms. The molecule has 1 saturated heterocycles. The van der Waals surface area contributed by atoms with Gasteiger partial charge in [-0.1, -0.05) is 13.8 Å². The first-order valence-corrected chi connectivity index (χ1v) is 6.24. The lowest BCUT2D eigenvalue weighted by Gasteiger charge is -2.38. The van der Waals surface area contributed by atoms with Crippen LogP contribution in [0.2, 0.25) is 0 Å². The van der Waals surface area contributed by atoms with Crippen LogP contribution >= 0.6 is 0 Å². The fourth-order valence-corrected chi connectivity index (χ4v) is 1.69. The van der Waals surface area contributed by atoms with Gasteiger partial charge in [0.2, 0.25) is 0 Å². The van der Waals surface area contributed by atoms with Gasteiger partial charge in [0.1, 0.15) is 11.9 Å². The van der Waals surface area contributed by atoms with Crippen LogP contribution in [0.5, 0.6) is 5.75 Å². The van der Waals surface area contributed by atoms with Crippen LogP contribution in [0.1, 0.15) is 13.8 Å². The molecule has 98 valence electrons. The number of aromatic nitrogens is 1. The van der Waals surface area contributed by atoms with Crippen molar-refractivity contribution >= 4 is 6.03 Å². The Morgan fingerprint density at radius 2 is 2.17 bits per heavy atom. The van der Waals surface area contributed by atoms with Crippen LogP contribution in [0.3, 0.4) is 0 Å². The Kier molecular flexibility index (Phi) is 4.02. The third-order valence-corrected chi connectivity index (χ3v) is 2.75. The third kappa shape index (κ3) is 3.35. The predicted molar refractivity (Wildman–Crippen MR) is 68.5 cm³/mol. The summed E-state index contributed by atoms with van der Waals surface area (Å²) in [6, 6.07) is 3.64. The maximum absolute atomic E-state index is 11.7. The number of likely N-dealkylation sites (tertiary alicyclic amines) is 1. The molecule has 0 aliphatic carbocycles. The molecule has 0 radical (unpaired) electrons. The minimum absolute atomic E-state index is 0.00159. The van der Waals surface area contributed by atoms with Crippen molar-refractivity contribution in [3.05, 3.63) is 24.5 Å². The number of carbonyl (C=O) groups excluding carboxylic acids is 1.